The minimum atomic E-state index is 0.197. The molecule has 0 amide bonds. The lowest BCUT2D eigenvalue weighted by Crippen LogP contribution is -2.37. The van der Waals surface area contributed by atoms with Crippen molar-refractivity contribution >= 4 is 5.78 Å². The first-order valence-corrected chi connectivity index (χ1v) is 9.61. The number of carbonyl (C=O) groups excluding carboxylic acids is 1. The second kappa shape index (κ2) is 7.13. The van der Waals surface area contributed by atoms with Crippen LogP contribution >= 0.6 is 0 Å². The molecular formula is C23H27NO. The van der Waals surface area contributed by atoms with E-state index in [2.05, 4.69) is 54.3 Å². The largest absolute Gasteiger partial charge is 0.299 e. The van der Waals surface area contributed by atoms with Gasteiger partial charge in [-0.2, -0.15) is 0 Å². The number of benzene rings is 2. The van der Waals surface area contributed by atoms with Gasteiger partial charge in [-0.25, -0.2) is 0 Å². The fraction of sp³-hybridized carbons (Fsp3) is 0.435. The van der Waals surface area contributed by atoms with Gasteiger partial charge < -0.3 is 0 Å². The molecule has 0 saturated carbocycles. The summed E-state index contributed by atoms with van der Waals surface area (Å²) in [4.78, 5) is 15.3. The van der Waals surface area contributed by atoms with E-state index in [1.165, 1.54) is 24.0 Å². The van der Waals surface area contributed by atoms with Crippen molar-refractivity contribution < 1.29 is 4.79 Å². The summed E-state index contributed by atoms with van der Waals surface area (Å²) in [7, 11) is 0. The monoisotopic (exact) mass is 333 g/mol. The van der Waals surface area contributed by atoms with Gasteiger partial charge in [-0.3, -0.25) is 9.69 Å². The Morgan fingerprint density at radius 1 is 1.00 bits per heavy atom. The highest BCUT2D eigenvalue weighted by atomic mass is 16.1. The third kappa shape index (κ3) is 3.41. The van der Waals surface area contributed by atoms with Crippen LogP contribution < -0.4 is 0 Å². The fourth-order valence-electron chi connectivity index (χ4n) is 4.70. The lowest BCUT2D eigenvalue weighted by Gasteiger charge is -2.36. The van der Waals surface area contributed by atoms with Crippen molar-refractivity contribution in [1.82, 2.24) is 4.90 Å². The first kappa shape index (κ1) is 16.5. The Morgan fingerprint density at radius 3 is 2.40 bits per heavy atom. The Morgan fingerprint density at radius 2 is 1.68 bits per heavy atom. The highest BCUT2D eigenvalue weighted by Gasteiger charge is 2.38. The van der Waals surface area contributed by atoms with Crippen LogP contribution in [0.25, 0.3) is 0 Å². The summed E-state index contributed by atoms with van der Waals surface area (Å²) in [6.45, 7) is 5.66. The van der Waals surface area contributed by atoms with Gasteiger partial charge in [0.15, 0.2) is 5.78 Å². The molecule has 2 aliphatic rings. The van der Waals surface area contributed by atoms with Crippen LogP contribution in [0.2, 0.25) is 0 Å². The van der Waals surface area contributed by atoms with E-state index < -0.39 is 0 Å². The van der Waals surface area contributed by atoms with Crippen LogP contribution in [0, 0.1) is 17.8 Å². The molecule has 4 rings (SSSR count). The molecule has 130 valence electrons. The maximum Gasteiger partial charge on any atom is 0.166 e. The van der Waals surface area contributed by atoms with Crippen LogP contribution in [0.15, 0.2) is 54.6 Å². The number of ketones is 1. The van der Waals surface area contributed by atoms with Crippen LogP contribution in [0.1, 0.15) is 41.3 Å². The van der Waals surface area contributed by atoms with E-state index in [-0.39, 0.29) is 5.92 Å². The average Bonchev–Trinajstić information content (AvgIpc) is 3.00. The van der Waals surface area contributed by atoms with Crippen molar-refractivity contribution in [2.75, 3.05) is 13.1 Å². The molecule has 1 heterocycles. The number of piperidine rings is 1. The van der Waals surface area contributed by atoms with Crippen molar-refractivity contribution in [1.29, 1.82) is 0 Å². The van der Waals surface area contributed by atoms with E-state index in [9.17, 15) is 4.79 Å². The Hall–Kier alpha value is -1.93. The van der Waals surface area contributed by atoms with Gasteiger partial charge in [0.25, 0.3) is 0 Å². The lowest BCUT2D eigenvalue weighted by molar-refractivity contribution is 0.0796. The molecule has 2 nitrogen and oxygen atoms in total. The zero-order valence-electron chi connectivity index (χ0n) is 15.0. The van der Waals surface area contributed by atoms with Crippen molar-refractivity contribution in [3.8, 4) is 0 Å². The molecule has 0 N–H and O–H groups in total. The molecule has 2 aromatic rings. The standard InChI is InChI=1S/C23H27NO/c1-17(22-15-20-9-5-6-10-21(20)23(22)25)19-11-13-24(14-12-19)16-18-7-3-2-4-8-18/h2-10,17,19,22H,11-16H2,1H3. The second-order valence-corrected chi connectivity index (χ2v) is 7.79. The fourth-order valence-corrected chi connectivity index (χ4v) is 4.70. The molecule has 1 saturated heterocycles. The van der Waals surface area contributed by atoms with E-state index in [4.69, 9.17) is 0 Å². The van der Waals surface area contributed by atoms with Crippen LogP contribution in [-0.4, -0.2) is 23.8 Å². The minimum absolute atomic E-state index is 0.197. The molecule has 0 bridgehead atoms. The maximum absolute atomic E-state index is 12.8. The van der Waals surface area contributed by atoms with Gasteiger partial charge in [-0.1, -0.05) is 61.5 Å². The van der Waals surface area contributed by atoms with Gasteiger partial charge >= 0.3 is 0 Å². The average molecular weight is 333 g/mol. The molecule has 1 aliphatic heterocycles. The Kier molecular flexibility index (Phi) is 4.72. The summed E-state index contributed by atoms with van der Waals surface area (Å²) < 4.78 is 0. The van der Waals surface area contributed by atoms with E-state index >= 15 is 0 Å². The smallest absolute Gasteiger partial charge is 0.166 e. The highest BCUT2D eigenvalue weighted by molar-refractivity contribution is 6.02. The number of Topliss-reactive ketones (excluding diaryl/α,β-unsaturated/α-hetero) is 1. The van der Waals surface area contributed by atoms with E-state index in [0.29, 0.717) is 17.6 Å². The molecule has 1 fully saturated rings. The number of hydrogen-bond donors (Lipinski definition) is 0. The molecule has 0 aromatic heterocycles. The Balaban J connectivity index is 1.34. The molecule has 2 unspecified atom stereocenters. The van der Waals surface area contributed by atoms with E-state index in [1.807, 2.05) is 12.1 Å². The van der Waals surface area contributed by atoms with Gasteiger partial charge in [0.05, 0.1) is 0 Å². The lowest BCUT2D eigenvalue weighted by atomic mass is 9.76. The minimum Gasteiger partial charge on any atom is -0.299 e. The predicted octanol–water partition coefficient (Wildman–Crippen LogP) is 4.59. The summed E-state index contributed by atoms with van der Waals surface area (Å²) in [5, 5.41) is 0. The number of likely N-dealkylation sites (tertiary alicyclic amines) is 1. The zero-order chi connectivity index (χ0) is 17.2. The van der Waals surface area contributed by atoms with E-state index in [1.54, 1.807) is 0 Å². The van der Waals surface area contributed by atoms with E-state index in [0.717, 1.165) is 31.6 Å². The second-order valence-electron chi connectivity index (χ2n) is 7.79. The third-order valence-corrected chi connectivity index (χ3v) is 6.32. The number of carbonyl (C=O) groups is 1. The summed E-state index contributed by atoms with van der Waals surface area (Å²) in [5.41, 5.74) is 3.63. The number of nitrogens with zero attached hydrogens (tertiary/aromatic N) is 1. The van der Waals surface area contributed by atoms with Gasteiger partial charge in [0, 0.05) is 18.0 Å². The zero-order valence-corrected chi connectivity index (χ0v) is 15.0. The van der Waals surface area contributed by atoms with Crippen molar-refractivity contribution in [3.05, 3.63) is 71.3 Å². The van der Waals surface area contributed by atoms with Crippen molar-refractivity contribution in [2.45, 2.75) is 32.7 Å². The van der Waals surface area contributed by atoms with Gasteiger partial charge in [0.2, 0.25) is 0 Å². The molecule has 2 aromatic carbocycles. The Bertz CT molecular complexity index is 731. The predicted molar refractivity (Wildman–Crippen MR) is 102 cm³/mol. The molecule has 0 spiro atoms. The molecule has 25 heavy (non-hydrogen) atoms. The molecule has 0 radical (unpaired) electrons. The summed E-state index contributed by atoms with van der Waals surface area (Å²) in [6.07, 6.45) is 3.38. The van der Waals surface area contributed by atoms with Crippen molar-refractivity contribution in [2.24, 2.45) is 17.8 Å². The maximum atomic E-state index is 12.8. The molecular weight excluding hydrogens is 306 g/mol. The van der Waals surface area contributed by atoms with Gasteiger partial charge in [-0.15, -0.1) is 0 Å². The summed E-state index contributed by atoms with van der Waals surface area (Å²) >= 11 is 0. The molecule has 1 aliphatic carbocycles. The first-order chi connectivity index (χ1) is 12.2. The van der Waals surface area contributed by atoms with Crippen LogP contribution in [-0.2, 0) is 13.0 Å². The SMILES string of the molecule is CC(C1CCN(Cc2ccccc2)CC1)C1Cc2ccccc2C1=O. The summed E-state index contributed by atoms with van der Waals surface area (Å²) in [5.74, 6) is 1.74. The topological polar surface area (TPSA) is 20.3 Å². The van der Waals surface area contributed by atoms with Crippen LogP contribution in [0.3, 0.4) is 0 Å². The number of rotatable bonds is 4. The number of hydrogen-bond acceptors (Lipinski definition) is 2. The number of fused-ring (bicyclic) bond motifs is 1. The van der Waals surface area contributed by atoms with Crippen LogP contribution in [0.5, 0.6) is 0 Å². The third-order valence-electron chi connectivity index (χ3n) is 6.32. The van der Waals surface area contributed by atoms with Crippen LogP contribution in [0.4, 0.5) is 0 Å². The van der Waals surface area contributed by atoms with Gasteiger partial charge in [-0.05, 0) is 55.3 Å². The molecule has 2 atom stereocenters. The quantitative estimate of drug-likeness (QED) is 0.815. The summed E-state index contributed by atoms with van der Waals surface area (Å²) in [6, 6.07) is 18.9. The van der Waals surface area contributed by atoms with Crippen molar-refractivity contribution in [3.63, 3.8) is 0 Å². The molecule has 2 heteroatoms. The first-order valence-electron chi connectivity index (χ1n) is 9.61. The normalized spacial score (nSPS) is 22.8. The Labute approximate surface area is 150 Å². The van der Waals surface area contributed by atoms with Gasteiger partial charge in [0.1, 0.15) is 0 Å². The highest BCUT2D eigenvalue weighted by Crippen LogP contribution is 2.38.